The summed E-state index contributed by atoms with van der Waals surface area (Å²) < 4.78 is 1.92. The Bertz CT molecular complexity index is 553. The van der Waals surface area contributed by atoms with Gasteiger partial charge in [-0.1, -0.05) is 29.5 Å². The van der Waals surface area contributed by atoms with E-state index in [4.69, 9.17) is 0 Å². The van der Waals surface area contributed by atoms with Crippen LogP contribution in [0.4, 0.5) is 0 Å². The molecule has 1 aliphatic heterocycles. The number of rotatable bonds is 2. The van der Waals surface area contributed by atoms with Gasteiger partial charge >= 0.3 is 0 Å². The van der Waals surface area contributed by atoms with Gasteiger partial charge in [0.05, 0.1) is 5.52 Å². The van der Waals surface area contributed by atoms with Crippen LogP contribution < -0.4 is 0 Å². The van der Waals surface area contributed by atoms with E-state index in [0.717, 1.165) is 24.2 Å². The zero-order chi connectivity index (χ0) is 10.8. The molecule has 16 heavy (non-hydrogen) atoms. The SMILES string of the molecule is C1=CCN(Cn2nnc3ccccc32)C=C1. The first-order valence-electron chi connectivity index (χ1n) is 5.29. The van der Waals surface area contributed by atoms with Crippen molar-refractivity contribution in [3.8, 4) is 0 Å². The first-order chi connectivity index (χ1) is 7.93. The molecule has 4 nitrogen and oxygen atoms in total. The Morgan fingerprint density at radius 1 is 1.19 bits per heavy atom. The van der Waals surface area contributed by atoms with Crippen LogP contribution in [0.2, 0.25) is 0 Å². The maximum absolute atomic E-state index is 4.16. The van der Waals surface area contributed by atoms with Gasteiger partial charge in [-0.2, -0.15) is 0 Å². The van der Waals surface area contributed by atoms with E-state index in [-0.39, 0.29) is 0 Å². The number of fused-ring (bicyclic) bond motifs is 1. The fourth-order valence-electron chi connectivity index (χ4n) is 1.81. The van der Waals surface area contributed by atoms with Crippen molar-refractivity contribution in [3.05, 3.63) is 48.7 Å². The number of nitrogens with zero attached hydrogens (tertiary/aromatic N) is 4. The predicted octanol–water partition coefficient (Wildman–Crippen LogP) is 1.77. The number of para-hydroxylation sites is 1. The Morgan fingerprint density at radius 3 is 3.00 bits per heavy atom. The molecule has 0 bridgehead atoms. The van der Waals surface area contributed by atoms with Crippen LogP contribution in [-0.4, -0.2) is 26.4 Å². The minimum absolute atomic E-state index is 0.737. The van der Waals surface area contributed by atoms with Crippen molar-refractivity contribution in [1.82, 2.24) is 19.9 Å². The van der Waals surface area contributed by atoms with E-state index in [2.05, 4.69) is 33.6 Å². The summed E-state index contributed by atoms with van der Waals surface area (Å²) >= 11 is 0. The minimum atomic E-state index is 0.737. The summed E-state index contributed by atoms with van der Waals surface area (Å²) in [6.07, 6.45) is 8.27. The summed E-state index contributed by atoms with van der Waals surface area (Å²) in [5, 5.41) is 8.28. The highest BCUT2D eigenvalue weighted by Crippen LogP contribution is 2.11. The second-order valence-electron chi connectivity index (χ2n) is 3.76. The van der Waals surface area contributed by atoms with Crippen molar-refractivity contribution < 1.29 is 0 Å². The van der Waals surface area contributed by atoms with Gasteiger partial charge in [0.15, 0.2) is 0 Å². The lowest BCUT2D eigenvalue weighted by molar-refractivity contribution is 0.313. The Labute approximate surface area is 93.5 Å². The molecule has 1 aliphatic rings. The minimum Gasteiger partial charge on any atom is -0.355 e. The highest BCUT2D eigenvalue weighted by atomic mass is 15.5. The first kappa shape index (κ1) is 9.15. The molecular weight excluding hydrogens is 200 g/mol. The van der Waals surface area contributed by atoms with Crippen LogP contribution in [0.25, 0.3) is 11.0 Å². The zero-order valence-corrected chi connectivity index (χ0v) is 8.82. The van der Waals surface area contributed by atoms with Crippen LogP contribution in [0.5, 0.6) is 0 Å². The molecule has 4 heteroatoms. The molecule has 0 aliphatic carbocycles. The van der Waals surface area contributed by atoms with Gasteiger partial charge in [0.25, 0.3) is 0 Å². The van der Waals surface area contributed by atoms with E-state index in [1.54, 1.807) is 0 Å². The summed E-state index contributed by atoms with van der Waals surface area (Å²) in [4.78, 5) is 2.18. The monoisotopic (exact) mass is 212 g/mol. The Kier molecular flexibility index (Phi) is 2.18. The van der Waals surface area contributed by atoms with E-state index in [1.165, 1.54) is 0 Å². The number of hydrogen-bond donors (Lipinski definition) is 0. The van der Waals surface area contributed by atoms with Gasteiger partial charge in [0, 0.05) is 12.7 Å². The van der Waals surface area contributed by atoms with Crippen LogP contribution >= 0.6 is 0 Å². The molecular formula is C12H12N4. The highest BCUT2D eigenvalue weighted by Gasteiger charge is 2.06. The second-order valence-corrected chi connectivity index (χ2v) is 3.76. The summed E-state index contributed by atoms with van der Waals surface area (Å²) in [5.74, 6) is 0. The third-order valence-corrected chi connectivity index (χ3v) is 2.62. The van der Waals surface area contributed by atoms with E-state index in [0.29, 0.717) is 0 Å². The van der Waals surface area contributed by atoms with Crippen molar-refractivity contribution in [2.24, 2.45) is 0 Å². The molecule has 80 valence electrons. The normalized spacial score (nSPS) is 14.9. The molecule has 3 rings (SSSR count). The number of aromatic nitrogens is 3. The number of benzene rings is 1. The number of hydrogen-bond acceptors (Lipinski definition) is 3. The van der Waals surface area contributed by atoms with E-state index in [1.807, 2.05) is 35.0 Å². The molecule has 0 saturated heterocycles. The van der Waals surface area contributed by atoms with Gasteiger partial charge in [0.1, 0.15) is 12.2 Å². The molecule has 0 saturated carbocycles. The lowest BCUT2D eigenvalue weighted by atomic mass is 10.3. The smallest absolute Gasteiger partial charge is 0.114 e. The van der Waals surface area contributed by atoms with Gasteiger partial charge in [-0.3, -0.25) is 0 Å². The lowest BCUT2D eigenvalue weighted by Gasteiger charge is -2.20. The van der Waals surface area contributed by atoms with Crippen LogP contribution in [-0.2, 0) is 6.67 Å². The quantitative estimate of drug-likeness (QED) is 0.760. The third kappa shape index (κ3) is 1.58. The average Bonchev–Trinajstić information content (AvgIpc) is 2.74. The summed E-state index contributed by atoms with van der Waals surface area (Å²) in [5.41, 5.74) is 2.02. The molecule has 2 aromatic rings. The van der Waals surface area contributed by atoms with Crippen molar-refractivity contribution in [2.75, 3.05) is 6.54 Å². The molecule has 1 aromatic heterocycles. The van der Waals surface area contributed by atoms with Gasteiger partial charge < -0.3 is 4.90 Å². The average molecular weight is 212 g/mol. The lowest BCUT2D eigenvalue weighted by Crippen LogP contribution is -2.23. The Hall–Kier alpha value is -2.10. The molecule has 0 spiro atoms. The molecule has 0 unspecified atom stereocenters. The third-order valence-electron chi connectivity index (χ3n) is 2.62. The van der Waals surface area contributed by atoms with Crippen molar-refractivity contribution in [2.45, 2.75) is 6.67 Å². The van der Waals surface area contributed by atoms with Gasteiger partial charge in [-0.15, -0.1) is 5.10 Å². The molecule has 0 N–H and O–H groups in total. The summed E-state index contributed by atoms with van der Waals surface area (Å²) in [7, 11) is 0. The standard InChI is InChI=1S/C12H12N4/c1-4-8-15(9-5-1)10-16-12-7-3-2-6-11(12)13-14-16/h1-8H,9-10H2. The van der Waals surface area contributed by atoms with Crippen molar-refractivity contribution in [1.29, 1.82) is 0 Å². The molecule has 1 aromatic carbocycles. The second kappa shape index (κ2) is 3.81. The molecule has 0 fully saturated rings. The predicted molar refractivity (Wildman–Crippen MR) is 62.5 cm³/mol. The van der Waals surface area contributed by atoms with E-state index in [9.17, 15) is 0 Å². The maximum Gasteiger partial charge on any atom is 0.114 e. The van der Waals surface area contributed by atoms with Crippen molar-refractivity contribution in [3.63, 3.8) is 0 Å². The molecule has 2 heterocycles. The first-order valence-corrected chi connectivity index (χ1v) is 5.29. The number of allylic oxidation sites excluding steroid dienone is 2. The van der Waals surface area contributed by atoms with Gasteiger partial charge in [0.2, 0.25) is 0 Å². The summed E-state index contributed by atoms with van der Waals surface area (Å²) in [6.45, 7) is 1.66. The zero-order valence-electron chi connectivity index (χ0n) is 8.82. The largest absolute Gasteiger partial charge is 0.355 e. The molecule has 0 amide bonds. The van der Waals surface area contributed by atoms with Crippen molar-refractivity contribution >= 4 is 11.0 Å². The Balaban J connectivity index is 1.89. The molecule has 0 radical (unpaired) electrons. The maximum atomic E-state index is 4.16. The van der Waals surface area contributed by atoms with E-state index < -0.39 is 0 Å². The van der Waals surface area contributed by atoms with Crippen LogP contribution in [0, 0.1) is 0 Å². The van der Waals surface area contributed by atoms with Crippen LogP contribution in [0.3, 0.4) is 0 Å². The Morgan fingerprint density at radius 2 is 2.12 bits per heavy atom. The fraction of sp³-hybridized carbons (Fsp3) is 0.167. The highest BCUT2D eigenvalue weighted by molar-refractivity contribution is 5.73. The van der Waals surface area contributed by atoms with Crippen LogP contribution in [0.1, 0.15) is 0 Å². The summed E-state index contributed by atoms with van der Waals surface area (Å²) in [6, 6.07) is 8.00. The van der Waals surface area contributed by atoms with E-state index >= 15 is 0 Å². The van der Waals surface area contributed by atoms with Gasteiger partial charge in [-0.05, 0) is 18.2 Å². The van der Waals surface area contributed by atoms with Crippen LogP contribution in [0.15, 0.2) is 48.7 Å². The van der Waals surface area contributed by atoms with Gasteiger partial charge in [-0.25, -0.2) is 4.68 Å². The topological polar surface area (TPSA) is 34.0 Å². The molecule has 0 atom stereocenters. The fourth-order valence-corrected chi connectivity index (χ4v) is 1.81.